The van der Waals surface area contributed by atoms with E-state index in [1.165, 1.54) is 66.1 Å². The molecule has 12 aromatic rings. The van der Waals surface area contributed by atoms with Gasteiger partial charge in [0.05, 0.1) is 5.69 Å². The Morgan fingerprint density at radius 2 is 0.896 bits per heavy atom. The lowest BCUT2D eigenvalue weighted by Crippen LogP contribution is -2.17. The average Bonchev–Trinajstić information content (AvgIpc) is 3.88. The topological polar surface area (TPSA) is 16.4 Å². The van der Waals surface area contributed by atoms with Gasteiger partial charge >= 0.3 is 0 Å². The van der Waals surface area contributed by atoms with Crippen molar-refractivity contribution in [3.8, 4) is 55.6 Å². The smallest absolute Gasteiger partial charge is 0.143 e. The van der Waals surface area contributed by atoms with E-state index < -0.39 is 0 Å². The fourth-order valence-electron chi connectivity index (χ4n) is 10.9. The van der Waals surface area contributed by atoms with Crippen LogP contribution in [0.5, 0.6) is 0 Å². The van der Waals surface area contributed by atoms with Crippen LogP contribution in [0.2, 0.25) is 0 Å². The third-order valence-electron chi connectivity index (χ3n) is 14.3. The molecule has 0 atom stereocenters. The van der Waals surface area contributed by atoms with E-state index in [-0.39, 0.29) is 5.41 Å². The highest BCUT2D eigenvalue weighted by Gasteiger charge is 2.37. The lowest BCUT2D eigenvalue weighted by molar-refractivity contribution is 0.660. The molecule has 0 unspecified atom stereocenters. The van der Waals surface area contributed by atoms with E-state index >= 15 is 0 Å². The molecule has 0 fully saturated rings. The van der Waals surface area contributed by atoms with Gasteiger partial charge in [-0.3, -0.25) is 0 Å². The summed E-state index contributed by atoms with van der Waals surface area (Å²) in [6.07, 6.45) is 0. The molecule has 0 N–H and O–H groups in total. The average molecular weight is 856 g/mol. The maximum absolute atomic E-state index is 6.59. The summed E-state index contributed by atoms with van der Waals surface area (Å²) >= 11 is 0. The summed E-state index contributed by atoms with van der Waals surface area (Å²) in [4.78, 5) is 2.45. The molecule has 1 aliphatic rings. The molecular formula is C65H45NO. The van der Waals surface area contributed by atoms with Gasteiger partial charge < -0.3 is 9.32 Å². The maximum Gasteiger partial charge on any atom is 0.143 e. The zero-order valence-corrected chi connectivity index (χ0v) is 37.4. The minimum atomic E-state index is -0.263. The summed E-state index contributed by atoms with van der Waals surface area (Å²) in [5.74, 6) is 0. The molecule has 0 spiro atoms. The van der Waals surface area contributed by atoms with Crippen LogP contribution in [0.1, 0.15) is 25.0 Å². The minimum absolute atomic E-state index is 0.263. The van der Waals surface area contributed by atoms with Crippen LogP contribution < -0.4 is 4.90 Å². The Bertz CT molecular complexity index is 3890. The molecule has 13 rings (SSSR count). The Hall–Kier alpha value is -8.46. The zero-order valence-electron chi connectivity index (χ0n) is 37.4. The van der Waals surface area contributed by atoms with Crippen LogP contribution >= 0.6 is 0 Å². The van der Waals surface area contributed by atoms with Crippen molar-refractivity contribution in [1.82, 2.24) is 0 Å². The molecule has 11 aromatic carbocycles. The van der Waals surface area contributed by atoms with E-state index in [1.54, 1.807) is 0 Å². The number of fused-ring (bicyclic) bond motifs is 9. The summed E-state index contributed by atoms with van der Waals surface area (Å²) in [6, 6.07) is 86.4. The molecule has 1 aromatic heterocycles. The summed E-state index contributed by atoms with van der Waals surface area (Å²) in [5.41, 5.74) is 19.5. The molecule has 0 amide bonds. The summed E-state index contributed by atoms with van der Waals surface area (Å²) in [7, 11) is 0. The Morgan fingerprint density at radius 1 is 0.328 bits per heavy atom. The van der Waals surface area contributed by atoms with E-state index in [0.717, 1.165) is 61.3 Å². The second kappa shape index (κ2) is 15.3. The number of para-hydroxylation sites is 3. The second-order valence-electron chi connectivity index (χ2n) is 18.4. The highest BCUT2D eigenvalue weighted by molar-refractivity contribution is 6.14. The lowest BCUT2D eigenvalue weighted by atomic mass is 9.81. The molecule has 0 bridgehead atoms. The first-order chi connectivity index (χ1) is 33.0. The number of hydrogen-bond donors (Lipinski definition) is 0. The van der Waals surface area contributed by atoms with Crippen molar-refractivity contribution in [2.75, 3.05) is 4.90 Å². The Kier molecular flexibility index (Phi) is 8.91. The first kappa shape index (κ1) is 39.0. The highest BCUT2D eigenvalue weighted by Crippen LogP contribution is 2.53. The molecular weight excluding hydrogens is 811 g/mol. The fourth-order valence-corrected chi connectivity index (χ4v) is 10.9. The third-order valence-corrected chi connectivity index (χ3v) is 14.3. The molecule has 1 aliphatic carbocycles. The zero-order chi connectivity index (χ0) is 44.6. The normalized spacial score (nSPS) is 12.7. The lowest BCUT2D eigenvalue weighted by Gasteiger charge is -2.30. The van der Waals surface area contributed by atoms with Crippen LogP contribution in [-0.4, -0.2) is 0 Å². The minimum Gasteiger partial charge on any atom is -0.455 e. The van der Waals surface area contributed by atoms with Crippen molar-refractivity contribution >= 4 is 60.5 Å². The van der Waals surface area contributed by atoms with Crippen molar-refractivity contribution in [1.29, 1.82) is 0 Å². The van der Waals surface area contributed by atoms with Crippen LogP contribution in [0.4, 0.5) is 17.1 Å². The highest BCUT2D eigenvalue weighted by atomic mass is 16.3. The van der Waals surface area contributed by atoms with Crippen LogP contribution in [0.25, 0.3) is 99.1 Å². The van der Waals surface area contributed by atoms with Crippen molar-refractivity contribution < 1.29 is 4.42 Å². The molecule has 0 aliphatic heterocycles. The first-order valence-corrected chi connectivity index (χ1v) is 23.2. The molecule has 67 heavy (non-hydrogen) atoms. The van der Waals surface area contributed by atoms with Crippen molar-refractivity contribution in [2.45, 2.75) is 19.3 Å². The van der Waals surface area contributed by atoms with Crippen LogP contribution in [0.15, 0.2) is 241 Å². The van der Waals surface area contributed by atoms with Gasteiger partial charge in [-0.15, -0.1) is 0 Å². The number of nitrogens with zero attached hydrogens (tertiary/aromatic N) is 1. The summed E-state index contributed by atoms with van der Waals surface area (Å²) in [6.45, 7) is 4.79. The van der Waals surface area contributed by atoms with Crippen molar-refractivity contribution in [2.24, 2.45) is 0 Å². The van der Waals surface area contributed by atoms with Gasteiger partial charge in [0, 0.05) is 38.7 Å². The largest absolute Gasteiger partial charge is 0.455 e. The Balaban J connectivity index is 0.963. The summed E-state index contributed by atoms with van der Waals surface area (Å²) < 4.78 is 6.59. The van der Waals surface area contributed by atoms with Gasteiger partial charge in [-0.05, 0) is 126 Å². The predicted octanol–water partition coefficient (Wildman–Crippen LogP) is 18.3. The second-order valence-corrected chi connectivity index (χ2v) is 18.4. The third kappa shape index (κ3) is 6.32. The van der Waals surface area contributed by atoms with E-state index in [4.69, 9.17) is 4.42 Å². The molecule has 316 valence electrons. The van der Waals surface area contributed by atoms with Gasteiger partial charge in [-0.25, -0.2) is 0 Å². The maximum atomic E-state index is 6.59. The van der Waals surface area contributed by atoms with E-state index in [9.17, 15) is 0 Å². The number of furan rings is 1. The van der Waals surface area contributed by atoms with Crippen LogP contribution in [-0.2, 0) is 5.41 Å². The van der Waals surface area contributed by atoms with Gasteiger partial charge in [-0.2, -0.15) is 0 Å². The number of anilines is 3. The first-order valence-electron chi connectivity index (χ1n) is 23.2. The standard InChI is InChI=1S/C65H45NO/c1-65(2)60-40-47(59-39-46-18-6-7-21-50(46)53-23-8-9-24-54(53)59)34-36-55(60)56-37-35-49(41-61(56)65)66(62-28-12-10-22-51(62)44-32-30-43(31-33-44)42-16-4-3-5-17-42)48-20-14-19-45(38-48)52-26-15-27-58-57-25-11-13-29-63(57)67-64(52)58/h3-41H,1-2H3. The van der Waals surface area contributed by atoms with Gasteiger partial charge in [0.1, 0.15) is 11.2 Å². The monoisotopic (exact) mass is 855 g/mol. The Morgan fingerprint density at radius 3 is 1.75 bits per heavy atom. The quantitative estimate of drug-likeness (QED) is 0.149. The molecule has 0 saturated heterocycles. The van der Waals surface area contributed by atoms with E-state index in [2.05, 4.69) is 249 Å². The van der Waals surface area contributed by atoms with E-state index in [1.807, 2.05) is 6.07 Å². The molecule has 2 nitrogen and oxygen atoms in total. The number of hydrogen-bond acceptors (Lipinski definition) is 2. The molecule has 0 radical (unpaired) electrons. The van der Waals surface area contributed by atoms with Gasteiger partial charge in [-0.1, -0.05) is 202 Å². The van der Waals surface area contributed by atoms with Crippen LogP contribution in [0.3, 0.4) is 0 Å². The SMILES string of the molecule is CC1(C)c2cc(-c3cc4ccccc4c4ccccc34)ccc2-c2ccc(N(c3cccc(-c4cccc5c4oc4ccccc45)c3)c3ccccc3-c3ccc(-c4ccccc4)cc3)cc21. The fraction of sp³-hybridized carbons (Fsp3) is 0.0462. The van der Waals surface area contributed by atoms with Crippen LogP contribution in [0, 0.1) is 0 Å². The van der Waals surface area contributed by atoms with Gasteiger partial charge in [0.2, 0.25) is 0 Å². The predicted molar refractivity (Wildman–Crippen MR) is 283 cm³/mol. The molecule has 1 heterocycles. The molecule has 2 heteroatoms. The van der Waals surface area contributed by atoms with Gasteiger partial charge in [0.25, 0.3) is 0 Å². The van der Waals surface area contributed by atoms with Crippen molar-refractivity contribution in [3.05, 3.63) is 248 Å². The van der Waals surface area contributed by atoms with Crippen molar-refractivity contribution in [3.63, 3.8) is 0 Å². The number of benzene rings is 11. The number of rotatable bonds is 7. The molecule has 0 saturated carbocycles. The summed E-state index contributed by atoms with van der Waals surface area (Å²) in [5, 5.41) is 7.36. The van der Waals surface area contributed by atoms with E-state index in [0.29, 0.717) is 0 Å². The Labute approximate surface area is 390 Å². The van der Waals surface area contributed by atoms with Gasteiger partial charge in [0.15, 0.2) is 0 Å².